The van der Waals surface area contributed by atoms with Gasteiger partial charge in [-0.25, -0.2) is 9.59 Å². The number of hydrazine groups is 1. The van der Waals surface area contributed by atoms with E-state index in [9.17, 15) is 9.59 Å². The zero-order chi connectivity index (χ0) is 11.7. The second-order valence-corrected chi connectivity index (χ2v) is 3.39. The first-order valence-electron chi connectivity index (χ1n) is 4.64. The minimum atomic E-state index is -1.07. The topological polar surface area (TPSA) is 67.9 Å². The highest BCUT2D eigenvalue weighted by molar-refractivity contribution is 6.30. The van der Waals surface area contributed by atoms with Gasteiger partial charge in [-0.2, -0.15) is 0 Å². The van der Waals surface area contributed by atoms with Gasteiger partial charge in [0.2, 0.25) is 0 Å². The first-order valence-corrected chi connectivity index (χ1v) is 4.64. The normalized spacial score (nSPS) is 15.8. The molecule has 1 N–H and O–H groups in total. The average molecular weight is 222 g/mol. The number of nitrogens with zero attached hydrogens (tertiary/aromatic N) is 1. The highest BCUT2D eigenvalue weighted by Gasteiger charge is 2.30. The Morgan fingerprint density at radius 2 is 1.75 bits per heavy atom. The molecule has 0 radical (unpaired) electrons. The molecular weight excluding hydrogens is 212 g/mol. The van der Waals surface area contributed by atoms with Gasteiger partial charge in [0.15, 0.2) is 0 Å². The van der Waals surface area contributed by atoms with E-state index in [1.54, 1.807) is 0 Å². The number of hydrogen-bond donors (Lipinski definition) is 1. The monoisotopic (exact) mass is 222 g/mol. The summed E-state index contributed by atoms with van der Waals surface area (Å²) in [5.74, 6) is -2.12. The zero-order valence-electron chi connectivity index (χ0n) is 8.81. The van der Waals surface area contributed by atoms with Crippen LogP contribution in [0.3, 0.4) is 0 Å². The molecule has 2 rings (SSSR count). The molecule has 1 aliphatic rings. The molecule has 0 saturated carbocycles. The fourth-order valence-electron chi connectivity index (χ4n) is 1.48. The molecular formula is C10H10N2O4. The van der Waals surface area contributed by atoms with Crippen molar-refractivity contribution in [2.24, 2.45) is 0 Å². The van der Waals surface area contributed by atoms with Gasteiger partial charge in [-0.05, 0) is 30.6 Å². The Labute approximate surface area is 91.6 Å². The van der Waals surface area contributed by atoms with Crippen LogP contribution in [0.2, 0.25) is 0 Å². The Morgan fingerprint density at radius 3 is 2.31 bits per heavy atom. The number of carbonyl (C=O) groups excluding carboxylic acids is 2. The highest BCUT2D eigenvalue weighted by Crippen LogP contribution is 2.24. The molecule has 0 amide bonds. The Balaban J connectivity index is 2.32. The lowest BCUT2D eigenvalue weighted by Crippen LogP contribution is -2.50. The van der Waals surface area contributed by atoms with Crippen molar-refractivity contribution in [3.05, 3.63) is 29.3 Å². The highest BCUT2D eigenvalue weighted by atomic mass is 16.9. The Morgan fingerprint density at radius 1 is 1.12 bits per heavy atom. The summed E-state index contributed by atoms with van der Waals surface area (Å²) in [7, 11) is 0. The lowest BCUT2D eigenvalue weighted by molar-refractivity contribution is -0.192. The number of benzene rings is 1. The van der Waals surface area contributed by atoms with Crippen LogP contribution in [0.25, 0.3) is 0 Å². The number of carbonyl (C=O) groups is 2. The number of para-hydroxylation sites is 1. The van der Waals surface area contributed by atoms with Crippen molar-refractivity contribution >= 4 is 17.6 Å². The molecule has 1 heterocycles. The molecule has 0 atom stereocenters. The largest absolute Gasteiger partial charge is 0.444 e. The SMILES string of the molecule is Cc1cccc(C)c1N1NOC(=O)C(=O)O1. The first-order chi connectivity index (χ1) is 7.59. The maximum absolute atomic E-state index is 11.0. The molecule has 1 saturated heterocycles. The Hall–Kier alpha value is -2.08. The van der Waals surface area contributed by atoms with Crippen molar-refractivity contribution in [2.75, 3.05) is 5.17 Å². The maximum atomic E-state index is 11.0. The lowest BCUT2D eigenvalue weighted by atomic mass is 10.1. The van der Waals surface area contributed by atoms with Gasteiger partial charge in [0.05, 0.1) is 0 Å². The van der Waals surface area contributed by atoms with Gasteiger partial charge in [-0.3, -0.25) is 0 Å². The van der Waals surface area contributed by atoms with Gasteiger partial charge in [0.25, 0.3) is 0 Å². The summed E-state index contributed by atoms with van der Waals surface area (Å²) in [6, 6.07) is 5.59. The van der Waals surface area contributed by atoms with Gasteiger partial charge < -0.3 is 9.68 Å². The summed E-state index contributed by atoms with van der Waals surface area (Å²) in [6.45, 7) is 3.71. The predicted octanol–water partition coefficient (Wildman–Crippen LogP) is 0.544. The average Bonchev–Trinajstić information content (AvgIpc) is 2.23. The minimum Gasteiger partial charge on any atom is -0.338 e. The number of aryl methyl sites for hydroxylation is 2. The summed E-state index contributed by atoms with van der Waals surface area (Å²) in [5.41, 5.74) is 4.65. The van der Waals surface area contributed by atoms with Gasteiger partial charge in [-0.15, -0.1) is 5.17 Å². The van der Waals surface area contributed by atoms with E-state index >= 15 is 0 Å². The number of rotatable bonds is 1. The van der Waals surface area contributed by atoms with Crippen LogP contribution >= 0.6 is 0 Å². The summed E-state index contributed by atoms with van der Waals surface area (Å²) < 4.78 is 0. The summed E-state index contributed by atoms with van der Waals surface area (Å²) >= 11 is 0. The van der Waals surface area contributed by atoms with Crippen LogP contribution in [0.1, 0.15) is 11.1 Å². The van der Waals surface area contributed by atoms with Gasteiger partial charge >= 0.3 is 11.9 Å². The number of hydrogen-bond acceptors (Lipinski definition) is 6. The summed E-state index contributed by atoms with van der Waals surface area (Å²) in [4.78, 5) is 31.0. The van der Waals surface area contributed by atoms with Crippen molar-refractivity contribution < 1.29 is 19.3 Å². The van der Waals surface area contributed by atoms with E-state index in [0.29, 0.717) is 5.69 Å². The minimum absolute atomic E-state index is 0.642. The van der Waals surface area contributed by atoms with E-state index in [1.165, 1.54) is 0 Å². The molecule has 16 heavy (non-hydrogen) atoms. The van der Waals surface area contributed by atoms with E-state index in [-0.39, 0.29) is 0 Å². The van der Waals surface area contributed by atoms with E-state index in [4.69, 9.17) is 4.84 Å². The zero-order valence-corrected chi connectivity index (χ0v) is 8.81. The number of anilines is 1. The maximum Gasteiger partial charge on any atom is 0.444 e. The van der Waals surface area contributed by atoms with Crippen molar-refractivity contribution in [3.63, 3.8) is 0 Å². The second-order valence-electron chi connectivity index (χ2n) is 3.39. The first kappa shape index (κ1) is 10.4. The van der Waals surface area contributed by atoms with Crippen molar-refractivity contribution in [1.29, 1.82) is 0 Å². The van der Waals surface area contributed by atoms with Crippen LogP contribution in [0, 0.1) is 13.8 Å². The molecule has 1 fully saturated rings. The van der Waals surface area contributed by atoms with E-state index in [2.05, 4.69) is 10.4 Å². The van der Waals surface area contributed by atoms with E-state index in [0.717, 1.165) is 16.3 Å². The molecule has 6 nitrogen and oxygen atoms in total. The predicted molar refractivity (Wildman–Crippen MR) is 53.7 cm³/mol. The van der Waals surface area contributed by atoms with Crippen LogP contribution in [-0.4, -0.2) is 11.9 Å². The molecule has 0 aliphatic carbocycles. The van der Waals surface area contributed by atoms with E-state index < -0.39 is 11.9 Å². The molecule has 0 spiro atoms. The van der Waals surface area contributed by atoms with Crippen molar-refractivity contribution in [3.8, 4) is 0 Å². The molecule has 1 aromatic carbocycles. The van der Waals surface area contributed by atoms with Crippen LogP contribution in [-0.2, 0) is 19.3 Å². The molecule has 1 aliphatic heterocycles. The summed E-state index contributed by atoms with van der Waals surface area (Å²) in [6.07, 6.45) is 0. The fourth-order valence-corrected chi connectivity index (χ4v) is 1.48. The third-order valence-electron chi connectivity index (χ3n) is 2.20. The Bertz CT molecular complexity index is 438. The van der Waals surface area contributed by atoms with Crippen LogP contribution in [0.15, 0.2) is 18.2 Å². The third kappa shape index (κ3) is 1.70. The third-order valence-corrected chi connectivity index (χ3v) is 2.20. The van der Waals surface area contributed by atoms with Crippen molar-refractivity contribution in [1.82, 2.24) is 5.59 Å². The van der Waals surface area contributed by atoms with Crippen LogP contribution in [0.4, 0.5) is 5.69 Å². The lowest BCUT2D eigenvalue weighted by Gasteiger charge is -2.27. The van der Waals surface area contributed by atoms with E-state index in [1.807, 2.05) is 32.0 Å². The van der Waals surface area contributed by atoms with Crippen LogP contribution in [0.5, 0.6) is 0 Å². The molecule has 1 aromatic rings. The molecule has 0 unspecified atom stereocenters. The van der Waals surface area contributed by atoms with Gasteiger partial charge in [-0.1, -0.05) is 18.2 Å². The van der Waals surface area contributed by atoms with Gasteiger partial charge in [0.1, 0.15) is 5.69 Å². The van der Waals surface area contributed by atoms with Crippen molar-refractivity contribution in [2.45, 2.75) is 13.8 Å². The molecule has 6 heteroatoms. The Kier molecular flexibility index (Phi) is 2.49. The number of nitrogens with one attached hydrogen (secondary N) is 1. The smallest absolute Gasteiger partial charge is 0.338 e. The molecule has 84 valence electrons. The van der Waals surface area contributed by atoms with Crippen LogP contribution < -0.4 is 10.8 Å². The fraction of sp³-hybridized carbons (Fsp3) is 0.200. The standard InChI is InChI=1S/C10H10N2O4/c1-6-4-3-5-7(2)8(6)12-11-15-9(13)10(14)16-12/h3-5,11H,1-2H3. The molecule has 0 bridgehead atoms. The molecule has 0 aromatic heterocycles. The van der Waals surface area contributed by atoms with Gasteiger partial charge in [0, 0.05) is 0 Å². The summed E-state index contributed by atoms with van der Waals surface area (Å²) in [5, 5.41) is 1.04. The quantitative estimate of drug-likeness (QED) is 0.699. The second kappa shape index (κ2) is 3.82.